The van der Waals surface area contributed by atoms with Crippen molar-refractivity contribution in [3.05, 3.63) is 124 Å². The number of rotatable bonds is 13. The molecule has 2 saturated heterocycles. The smallest absolute Gasteiger partial charge is 0.417 e. The molecular formula is C52H50F3N7O7S2. The second-order valence-electron chi connectivity index (χ2n) is 18.5. The molecule has 4 aromatic carbocycles. The minimum Gasteiger partial charge on any atom is -0.484 e. The number of hydrogen-bond donors (Lipinski definition) is 3. The predicted molar refractivity (Wildman–Crippen MR) is 265 cm³/mol. The van der Waals surface area contributed by atoms with E-state index in [-0.39, 0.29) is 36.9 Å². The zero-order chi connectivity index (χ0) is 51.4. The monoisotopic (exact) mass is 1010 g/mol. The van der Waals surface area contributed by atoms with Gasteiger partial charge in [-0.15, -0.1) is 11.3 Å². The standard InChI is InChI=1S/C52H50F3N7O7S2/c1-31-44(71-30-58-31)34-13-9-33(10-14-34)27-57-46(65)42-25-38(63)28-60(42)47(66)45(50(2,3)4)59-43(64)29-69-40-21-19-39(20-22-40)68-23-7-8-32-11-16-36(17-12-32)62-49(70)61(48(67)51(62,5)6)37-18-15-35(26-56)41(24-37)52(53,54)55/h9-22,24,30,38,42,45,63H,23,25,27-29H2,1-6H3,(H,57,65)(H,59,64)/t38-,42+,45?/m1/s1. The number of benzene rings is 4. The maximum absolute atomic E-state index is 14.0. The molecule has 19 heteroatoms. The van der Waals surface area contributed by atoms with Gasteiger partial charge in [0.25, 0.3) is 11.8 Å². The fraction of sp³-hybridized carbons (Fsp3) is 0.327. The van der Waals surface area contributed by atoms with Crippen molar-refractivity contribution in [2.45, 2.75) is 84.4 Å². The molecule has 14 nitrogen and oxygen atoms in total. The van der Waals surface area contributed by atoms with E-state index in [0.29, 0.717) is 22.7 Å². The van der Waals surface area contributed by atoms with Gasteiger partial charge in [0.1, 0.15) is 35.7 Å². The van der Waals surface area contributed by atoms with Crippen molar-refractivity contribution in [1.29, 1.82) is 5.26 Å². The molecule has 2 fully saturated rings. The van der Waals surface area contributed by atoms with Crippen molar-refractivity contribution < 1.29 is 46.9 Å². The average molecular weight is 1010 g/mol. The number of β-amino-alcohol motifs (C(OH)–C–C–N with tert-alkyl or cyclic N) is 1. The Morgan fingerprint density at radius 3 is 2.23 bits per heavy atom. The van der Waals surface area contributed by atoms with Gasteiger partial charge in [0, 0.05) is 30.8 Å². The summed E-state index contributed by atoms with van der Waals surface area (Å²) in [5.74, 6) is 4.75. The van der Waals surface area contributed by atoms with Crippen molar-refractivity contribution in [2.75, 3.05) is 29.6 Å². The van der Waals surface area contributed by atoms with Gasteiger partial charge in [0.15, 0.2) is 11.7 Å². The van der Waals surface area contributed by atoms with E-state index >= 15 is 0 Å². The predicted octanol–water partition coefficient (Wildman–Crippen LogP) is 7.54. The Bertz CT molecular complexity index is 2940. The van der Waals surface area contributed by atoms with E-state index in [1.807, 2.05) is 31.2 Å². The van der Waals surface area contributed by atoms with Crippen molar-refractivity contribution in [1.82, 2.24) is 20.5 Å². The molecule has 0 radical (unpaired) electrons. The van der Waals surface area contributed by atoms with Crippen molar-refractivity contribution in [3.8, 4) is 39.8 Å². The first-order valence-electron chi connectivity index (χ1n) is 22.4. The highest BCUT2D eigenvalue weighted by Crippen LogP contribution is 2.40. The number of aryl methyl sites for hydroxylation is 1. The van der Waals surface area contributed by atoms with Gasteiger partial charge in [-0.3, -0.25) is 24.1 Å². The van der Waals surface area contributed by atoms with Crippen molar-refractivity contribution in [2.24, 2.45) is 5.41 Å². The number of aromatic nitrogens is 1. The number of nitrogens with one attached hydrogen (secondary N) is 2. The summed E-state index contributed by atoms with van der Waals surface area (Å²) >= 11 is 7.18. The molecule has 3 atom stereocenters. The Kier molecular flexibility index (Phi) is 15.2. The number of aliphatic hydroxyl groups is 1. The first-order chi connectivity index (χ1) is 33.6. The summed E-state index contributed by atoms with van der Waals surface area (Å²) in [4.78, 5) is 63.6. The average Bonchev–Trinajstić information content (AvgIpc) is 4.00. The number of hydrogen-bond acceptors (Lipinski definition) is 11. The molecule has 3 N–H and O–H groups in total. The Morgan fingerprint density at radius 1 is 0.972 bits per heavy atom. The summed E-state index contributed by atoms with van der Waals surface area (Å²) in [5.41, 5.74) is 1.90. The number of thiocarbonyl (C=S) groups is 1. The summed E-state index contributed by atoms with van der Waals surface area (Å²) in [7, 11) is 0. The third kappa shape index (κ3) is 11.7. The lowest BCUT2D eigenvalue weighted by molar-refractivity contribution is -0.144. The van der Waals surface area contributed by atoms with Crippen LogP contribution in [0.5, 0.6) is 11.5 Å². The topological polar surface area (TPSA) is 177 Å². The van der Waals surface area contributed by atoms with E-state index in [1.165, 1.54) is 17.0 Å². The summed E-state index contributed by atoms with van der Waals surface area (Å²) in [6, 6.07) is 23.7. The number of halogens is 3. The maximum atomic E-state index is 14.0. The van der Waals surface area contributed by atoms with Crippen molar-refractivity contribution in [3.63, 3.8) is 0 Å². The number of anilines is 2. The first kappa shape index (κ1) is 51.5. The maximum Gasteiger partial charge on any atom is 0.417 e. The first-order valence-corrected chi connectivity index (χ1v) is 23.6. The number of carbonyl (C=O) groups excluding carboxylic acids is 4. The second-order valence-corrected chi connectivity index (χ2v) is 19.7. The molecule has 0 saturated carbocycles. The van der Waals surface area contributed by atoms with E-state index in [0.717, 1.165) is 38.7 Å². The molecule has 2 aliphatic heterocycles. The highest BCUT2D eigenvalue weighted by atomic mass is 32.1. The third-order valence-electron chi connectivity index (χ3n) is 11.9. The number of amides is 4. The molecule has 0 bridgehead atoms. The molecule has 1 unspecified atom stereocenters. The molecule has 4 amide bonds. The fourth-order valence-electron chi connectivity index (χ4n) is 8.17. The lowest BCUT2D eigenvalue weighted by atomic mass is 9.85. The van der Waals surface area contributed by atoms with Crippen LogP contribution in [-0.4, -0.2) is 87.2 Å². The Morgan fingerprint density at radius 2 is 1.62 bits per heavy atom. The van der Waals surface area contributed by atoms with Crippen LogP contribution in [0.2, 0.25) is 0 Å². The summed E-state index contributed by atoms with van der Waals surface area (Å²) in [5, 5.41) is 25.5. The van der Waals surface area contributed by atoms with Crippen LogP contribution in [0.3, 0.4) is 0 Å². The number of ether oxygens (including phenoxy) is 2. The molecule has 368 valence electrons. The van der Waals surface area contributed by atoms with Crippen LogP contribution < -0.4 is 29.9 Å². The van der Waals surface area contributed by atoms with E-state index in [2.05, 4.69) is 27.5 Å². The Labute approximate surface area is 418 Å². The van der Waals surface area contributed by atoms with Gasteiger partial charge in [0.2, 0.25) is 11.8 Å². The van der Waals surface area contributed by atoms with Gasteiger partial charge in [0.05, 0.1) is 45.1 Å². The van der Waals surface area contributed by atoms with Gasteiger partial charge in [-0.2, -0.15) is 18.4 Å². The zero-order valence-electron chi connectivity index (χ0n) is 39.6. The summed E-state index contributed by atoms with van der Waals surface area (Å²) in [6.45, 7) is 10.3. The number of alkyl halides is 3. The van der Waals surface area contributed by atoms with Gasteiger partial charge in [-0.05, 0) is 116 Å². The number of likely N-dealkylation sites (tertiary alicyclic amines) is 1. The van der Waals surface area contributed by atoms with E-state index in [1.54, 1.807) is 105 Å². The van der Waals surface area contributed by atoms with Crippen LogP contribution in [0.15, 0.2) is 96.5 Å². The normalized spacial score (nSPS) is 17.0. The lowest BCUT2D eigenvalue weighted by Gasteiger charge is -2.35. The fourth-order valence-corrected chi connectivity index (χ4v) is 9.51. The lowest BCUT2D eigenvalue weighted by Crippen LogP contribution is -2.58. The highest BCUT2D eigenvalue weighted by Gasteiger charge is 2.51. The summed E-state index contributed by atoms with van der Waals surface area (Å²) < 4.78 is 52.7. The molecule has 0 aliphatic carbocycles. The molecular weight excluding hydrogens is 956 g/mol. The number of aliphatic hydroxyl groups excluding tert-OH is 1. The van der Waals surface area contributed by atoms with Gasteiger partial charge >= 0.3 is 6.18 Å². The number of nitriles is 1. The molecule has 3 heterocycles. The van der Waals surface area contributed by atoms with E-state index < -0.39 is 76.7 Å². The molecule has 2 aliphatic rings. The van der Waals surface area contributed by atoms with Crippen LogP contribution in [0.1, 0.15) is 69.0 Å². The van der Waals surface area contributed by atoms with Crippen LogP contribution >= 0.6 is 23.6 Å². The van der Waals surface area contributed by atoms with Crippen LogP contribution in [0.4, 0.5) is 24.5 Å². The quantitative estimate of drug-likeness (QED) is 0.0785. The van der Waals surface area contributed by atoms with Crippen LogP contribution in [-0.2, 0) is 31.9 Å². The van der Waals surface area contributed by atoms with Crippen molar-refractivity contribution >= 4 is 63.7 Å². The van der Waals surface area contributed by atoms with E-state index in [9.17, 15) is 42.7 Å². The van der Waals surface area contributed by atoms with Gasteiger partial charge in [-0.1, -0.05) is 56.9 Å². The van der Waals surface area contributed by atoms with Crippen LogP contribution in [0.25, 0.3) is 10.4 Å². The SMILES string of the molecule is Cc1ncsc1-c1ccc(CNC(=O)[C@@H]2C[C@@H](O)CN2C(=O)C(NC(=O)COc2ccc(OCC#Cc3ccc(N4C(=S)N(c5ccc(C#N)c(C(F)(F)F)c5)C(=O)C4(C)C)cc3)cc2)C(C)(C)C)cc1. The molecule has 1 aromatic heterocycles. The highest BCUT2D eigenvalue weighted by molar-refractivity contribution is 7.81. The van der Waals surface area contributed by atoms with Crippen LogP contribution in [0, 0.1) is 35.5 Å². The summed E-state index contributed by atoms with van der Waals surface area (Å²) in [6.07, 6.45) is -5.67. The zero-order valence-corrected chi connectivity index (χ0v) is 41.2. The largest absolute Gasteiger partial charge is 0.484 e. The molecule has 7 rings (SSSR count). The second kappa shape index (κ2) is 21.0. The Hall–Kier alpha value is -7.32. The van der Waals surface area contributed by atoms with Gasteiger partial charge < -0.3 is 35.0 Å². The van der Waals surface area contributed by atoms with Gasteiger partial charge in [-0.25, -0.2) is 4.98 Å². The third-order valence-corrected chi connectivity index (χ3v) is 13.3. The number of carbonyl (C=O) groups is 4. The van der Waals surface area contributed by atoms with E-state index in [4.69, 9.17) is 21.7 Å². The molecule has 71 heavy (non-hydrogen) atoms. The number of thiazole rings is 1. The minimum absolute atomic E-state index is 0.0163. The molecule has 5 aromatic rings. The minimum atomic E-state index is -4.82. The Balaban J connectivity index is 0.887. The molecule has 0 spiro atoms. The number of nitrogens with zero attached hydrogens (tertiary/aromatic N) is 5.